The summed E-state index contributed by atoms with van der Waals surface area (Å²) in [6.45, 7) is 2.67. The first kappa shape index (κ1) is 29.8. The number of ether oxygens (including phenoxy) is 2. The van der Waals surface area contributed by atoms with Gasteiger partial charge in [0.15, 0.2) is 11.5 Å². The number of rotatable bonds is 12. The summed E-state index contributed by atoms with van der Waals surface area (Å²) in [7, 11) is 3.12. The molecule has 3 rings (SSSR count). The number of hydrogen-bond acceptors (Lipinski definition) is 5. The van der Waals surface area contributed by atoms with Gasteiger partial charge in [-0.3, -0.25) is 4.79 Å². The number of hydrogen-bond donors (Lipinski definition) is 1. The third-order valence-corrected chi connectivity index (χ3v) is 6.81. The van der Waals surface area contributed by atoms with Crippen molar-refractivity contribution in [2.45, 2.75) is 32.5 Å². The Bertz CT molecular complexity index is 1240. The highest BCUT2D eigenvalue weighted by Gasteiger charge is 2.30. The summed E-state index contributed by atoms with van der Waals surface area (Å²) in [5, 5.41) is 4.43. The van der Waals surface area contributed by atoms with Gasteiger partial charge in [-0.05, 0) is 60.2 Å². The summed E-state index contributed by atoms with van der Waals surface area (Å²) < 4.78 is 49.9. The van der Waals surface area contributed by atoms with Gasteiger partial charge in [-0.2, -0.15) is 13.2 Å². The number of urea groups is 1. The third kappa shape index (κ3) is 8.64. The van der Waals surface area contributed by atoms with Crippen LogP contribution in [0.2, 0.25) is 0 Å². The molecule has 0 saturated heterocycles. The number of methoxy groups -OCH3 is 2. The topological polar surface area (TPSA) is 71.1 Å². The Kier molecular flexibility index (Phi) is 10.6. The summed E-state index contributed by atoms with van der Waals surface area (Å²) in [5.74, 6) is 0.929. The second-order valence-electron chi connectivity index (χ2n) is 8.76. The molecule has 3 amide bonds. The molecule has 0 radical (unpaired) electrons. The lowest BCUT2D eigenvalue weighted by molar-refractivity contribution is -0.137. The molecule has 11 heteroatoms. The van der Waals surface area contributed by atoms with E-state index in [1.807, 2.05) is 36.6 Å². The summed E-state index contributed by atoms with van der Waals surface area (Å²) in [4.78, 5) is 30.4. The quantitative estimate of drug-likeness (QED) is 0.281. The van der Waals surface area contributed by atoms with E-state index >= 15 is 0 Å². The van der Waals surface area contributed by atoms with Gasteiger partial charge >= 0.3 is 12.2 Å². The molecule has 0 fully saturated rings. The Labute approximate surface area is 230 Å². The average molecular weight is 564 g/mol. The van der Waals surface area contributed by atoms with Gasteiger partial charge in [0.1, 0.15) is 6.54 Å². The van der Waals surface area contributed by atoms with Gasteiger partial charge in [0.2, 0.25) is 5.91 Å². The largest absolute Gasteiger partial charge is 0.493 e. The fourth-order valence-corrected chi connectivity index (χ4v) is 4.66. The van der Waals surface area contributed by atoms with Gasteiger partial charge in [-0.1, -0.05) is 25.1 Å². The fourth-order valence-electron chi connectivity index (χ4n) is 3.94. The van der Waals surface area contributed by atoms with Crippen molar-refractivity contribution in [1.29, 1.82) is 0 Å². The van der Waals surface area contributed by atoms with Crippen molar-refractivity contribution >= 4 is 29.0 Å². The van der Waals surface area contributed by atoms with Crippen LogP contribution in [0, 0.1) is 0 Å². The van der Waals surface area contributed by atoms with Crippen molar-refractivity contribution in [2.24, 2.45) is 0 Å². The molecular formula is C28H32F3N3O4S. The van der Waals surface area contributed by atoms with E-state index < -0.39 is 17.8 Å². The number of amides is 3. The summed E-state index contributed by atoms with van der Waals surface area (Å²) in [5.41, 5.74) is 0.0901. The molecule has 1 aromatic heterocycles. The Hall–Kier alpha value is -3.73. The standard InChI is InChI=1S/C28H32F3N3O4S/c1-4-13-34(27(36)32-22-8-5-7-21(17-22)28(29,30)31)19-26(35)33(18-23-9-6-15-39-23)14-12-20-10-11-24(37-2)25(16-20)38-3/h5-11,15-17H,4,12-14,18-19H2,1-3H3,(H,32,36). The number of benzene rings is 2. The van der Waals surface area contributed by atoms with Crippen LogP contribution in [-0.4, -0.2) is 55.6 Å². The molecule has 3 aromatic rings. The monoisotopic (exact) mass is 563 g/mol. The van der Waals surface area contributed by atoms with E-state index in [2.05, 4.69) is 5.32 Å². The number of carbonyl (C=O) groups excluding carboxylic acids is 2. The van der Waals surface area contributed by atoms with E-state index in [4.69, 9.17) is 9.47 Å². The zero-order valence-corrected chi connectivity index (χ0v) is 22.9. The molecule has 1 N–H and O–H groups in total. The minimum absolute atomic E-state index is 0.00673. The van der Waals surface area contributed by atoms with Crippen molar-refractivity contribution in [2.75, 3.05) is 39.2 Å². The maximum absolute atomic E-state index is 13.5. The number of nitrogens with zero attached hydrogens (tertiary/aromatic N) is 2. The number of alkyl halides is 3. The van der Waals surface area contributed by atoms with Crippen LogP contribution in [0.5, 0.6) is 11.5 Å². The molecule has 0 aliphatic carbocycles. The summed E-state index contributed by atoms with van der Waals surface area (Å²) in [6.07, 6.45) is -3.42. The molecule has 0 unspecified atom stereocenters. The minimum atomic E-state index is -4.53. The van der Waals surface area contributed by atoms with E-state index in [9.17, 15) is 22.8 Å². The van der Waals surface area contributed by atoms with Crippen LogP contribution in [-0.2, 0) is 23.9 Å². The number of halogens is 3. The molecule has 2 aromatic carbocycles. The fraction of sp³-hybridized carbons (Fsp3) is 0.357. The maximum atomic E-state index is 13.5. The smallest absolute Gasteiger partial charge is 0.416 e. The molecule has 0 atom stereocenters. The first-order valence-corrected chi connectivity index (χ1v) is 13.3. The number of nitrogens with one attached hydrogen (secondary N) is 1. The van der Waals surface area contributed by atoms with Crippen molar-refractivity contribution in [3.63, 3.8) is 0 Å². The Morgan fingerprint density at radius 3 is 2.36 bits per heavy atom. The van der Waals surface area contributed by atoms with E-state index in [1.165, 1.54) is 28.4 Å². The molecule has 1 heterocycles. The van der Waals surface area contributed by atoms with Gasteiger partial charge in [0.05, 0.1) is 26.3 Å². The number of carbonyl (C=O) groups is 2. The molecule has 0 bridgehead atoms. The van der Waals surface area contributed by atoms with Gasteiger partial charge in [-0.15, -0.1) is 11.3 Å². The van der Waals surface area contributed by atoms with Gasteiger partial charge in [-0.25, -0.2) is 4.79 Å². The molecule has 39 heavy (non-hydrogen) atoms. The molecule has 0 saturated carbocycles. The molecule has 0 spiro atoms. The predicted molar refractivity (Wildman–Crippen MR) is 145 cm³/mol. The SMILES string of the molecule is CCCN(CC(=O)N(CCc1ccc(OC)c(OC)c1)Cc1cccs1)C(=O)Nc1cccc(C(F)(F)F)c1. The molecular weight excluding hydrogens is 531 g/mol. The van der Waals surface area contributed by atoms with Crippen LogP contribution in [0.25, 0.3) is 0 Å². The lowest BCUT2D eigenvalue weighted by Gasteiger charge is -2.27. The Balaban J connectivity index is 1.73. The predicted octanol–water partition coefficient (Wildman–Crippen LogP) is 6.30. The van der Waals surface area contributed by atoms with Gasteiger partial charge < -0.3 is 24.6 Å². The molecule has 0 aliphatic rings. The average Bonchev–Trinajstić information content (AvgIpc) is 3.43. The van der Waals surface area contributed by atoms with Crippen LogP contribution >= 0.6 is 11.3 Å². The zero-order chi connectivity index (χ0) is 28.4. The Morgan fingerprint density at radius 1 is 0.949 bits per heavy atom. The molecule has 7 nitrogen and oxygen atoms in total. The minimum Gasteiger partial charge on any atom is -0.493 e. The van der Waals surface area contributed by atoms with Gasteiger partial charge in [0.25, 0.3) is 0 Å². The van der Waals surface area contributed by atoms with Crippen molar-refractivity contribution < 1.29 is 32.2 Å². The highest BCUT2D eigenvalue weighted by molar-refractivity contribution is 7.09. The second kappa shape index (κ2) is 13.9. The summed E-state index contributed by atoms with van der Waals surface area (Å²) in [6, 6.07) is 13.2. The first-order chi connectivity index (χ1) is 18.6. The second-order valence-corrected chi connectivity index (χ2v) is 9.80. The maximum Gasteiger partial charge on any atom is 0.416 e. The van der Waals surface area contributed by atoms with Crippen molar-refractivity contribution in [3.05, 3.63) is 76.0 Å². The van der Waals surface area contributed by atoms with Crippen LogP contribution in [0.15, 0.2) is 60.0 Å². The lowest BCUT2D eigenvalue weighted by Crippen LogP contribution is -2.45. The lowest BCUT2D eigenvalue weighted by atomic mass is 10.1. The van der Waals surface area contributed by atoms with E-state index in [-0.39, 0.29) is 24.7 Å². The van der Waals surface area contributed by atoms with E-state index in [0.717, 1.165) is 22.6 Å². The van der Waals surface area contributed by atoms with Crippen LogP contribution in [0.3, 0.4) is 0 Å². The molecule has 210 valence electrons. The summed E-state index contributed by atoms with van der Waals surface area (Å²) >= 11 is 1.53. The Morgan fingerprint density at radius 2 is 1.72 bits per heavy atom. The van der Waals surface area contributed by atoms with Crippen LogP contribution in [0.1, 0.15) is 29.3 Å². The molecule has 0 aliphatic heterocycles. The highest BCUT2D eigenvalue weighted by atomic mass is 32.1. The number of anilines is 1. The third-order valence-electron chi connectivity index (χ3n) is 5.95. The number of thiophene rings is 1. The van der Waals surface area contributed by atoms with Crippen LogP contribution < -0.4 is 14.8 Å². The van der Waals surface area contributed by atoms with Gasteiger partial charge in [0, 0.05) is 23.7 Å². The zero-order valence-electron chi connectivity index (χ0n) is 22.1. The van der Waals surface area contributed by atoms with E-state index in [1.54, 1.807) is 25.2 Å². The normalized spacial score (nSPS) is 11.1. The van der Waals surface area contributed by atoms with Crippen molar-refractivity contribution in [1.82, 2.24) is 9.80 Å². The van der Waals surface area contributed by atoms with Crippen LogP contribution in [0.4, 0.5) is 23.7 Å². The van der Waals surface area contributed by atoms with Crippen molar-refractivity contribution in [3.8, 4) is 11.5 Å². The van der Waals surface area contributed by atoms with E-state index in [0.29, 0.717) is 37.4 Å². The highest BCUT2D eigenvalue weighted by Crippen LogP contribution is 2.31. The first-order valence-electron chi connectivity index (χ1n) is 12.4.